The molecule has 1 amide bonds. The van der Waals surface area contributed by atoms with E-state index < -0.39 is 11.9 Å². The van der Waals surface area contributed by atoms with E-state index in [9.17, 15) is 14.7 Å². The lowest BCUT2D eigenvalue weighted by atomic mass is 9.89. The van der Waals surface area contributed by atoms with Crippen LogP contribution in [0, 0.1) is 5.92 Å². The molecule has 2 aromatic rings. The lowest BCUT2D eigenvalue weighted by molar-refractivity contribution is -0.141. The second kappa shape index (κ2) is 8.05. The van der Waals surface area contributed by atoms with E-state index in [4.69, 9.17) is 4.74 Å². The van der Waals surface area contributed by atoms with Gasteiger partial charge in [-0.15, -0.1) is 0 Å². The summed E-state index contributed by atoms with van der Waals surface area (Å²) in [6, 6.07) is 16.9. The van der Waals surface area contributed by atoms with Crippen LogP contribution < -0.4 is 4.74 Å². The maximum Gasteiger partial charge on any atom is 0.308 e. The Bertz CT molecular complexity index is 845. The molecule has 1 saturated heterocycles. The minimum atomic E-state index is -0.859. The van der Waals surface area contributed by atoms with Gasteiger partial charge in [-0.2, -0.15) is 0 Å². The van der Waals surface area contributed by atoms with E-state index >= 15 is 0 Å². The van der Waals surface area contributed by atoms with Crippen molar-refractivity contribution in [3.8, 4) is 5.75 Å². The summed E-state index contributed by atoms with van der Waals surface area (Å²) < 4.78 is 6.01. The van der Waals surface area contributed by atoms with Gasteiger partial charge in [0, 0.05) is 24.6 Å². The number of aliphatic carboxylic acids is 1. The summed E-state index contributed by atoms with van der Waals surface area (Å²) in [7, 11) is 0. The van der Waals surface area contributed by atoms with Crippen LogP contribution in [0.15, 0.2) is 54.6 Å². The van der Waals surface area contributed by atoms with E-state index in [1.807, 2.05) is 42.5 Å². The van der Waals surface area contributed by atoms with Crippen molar-refractivity contribution in [2.75, 3.05) is 13.1 Å². The molecule has 146 valence electrons. The number of likely N-dealkylation sites (tertiary alicyclic amines) is 1. The summed E-state index contributed by atoms with van der Waals surface area (Å²) in [6.45, 7) is 0.634. The van der Waals surface area contributed by atoms with Gasteiger partial charge in [0.2, 0.25) is 0 Å². The molecule has 28 heavy (non-hydrogen) atoms. The fourth-order valence-electron chi connectivity index (χ4n) is 4.34. The van der Waals surface area contributed by atoms with Gasteiger partial charge in [-0.25, -0.2) is 0 Å². The zero-order chi connectivity index (χ0) is 19.5. The van der Waals surface area contributed by atoms with Gasteiger partial charge >= 0.3 is 5.97 Å². The van der Waals surface area contributed by atoms with E-state index in [2.05, 4.69) is 0 Å². The van der Waals surface area contributed by atoms with Gasteiger partial charge < -0.3 is 14.7 Å². The van der Waals surface area contributed by atoms with Crippen LogP contribution in [-0.2, 0) is 4.79 Å². The average molecular weight is 379 g/mol. The van der Waals surface area contributed by atoms with Crippen LogP contribution in [-0.4, -0.2) is 41.1 Å². The highest BCUT2D eigenvalue weighted by Gasteiger charge is 2.40. The molecule has 2 atom stereocenters. The third-order valence-corrected chi connectivity index (χ3v) is 5.84. The molecule has 1 heterocycles. The number of carboxylic acids is 1. The largest absolute Gasteiger partial charge is 0.490 e. The SMILES string of the molecule is O=C(O)[C@@H]1CN(C(=O)c2cccc(OC3CCCC3)c2)C[C@@H]1c1ccccc1. The second-order valence-electron chi connectivity index (χ2n) is 7.72. The first-order valence-corrected chi connectivity index (χ1v) is 9.95. The van der Waals surface area contributed by atoms with Gasteiger partial charge in [-0.1, -0.05) is 36.4 Å². The van der Waals surface area contributed by atoms with Crippen molar-refractivity contribution in [1.29, 1.82) is 0 Å². The van der Waals surface area contributed by atoms with Gasteiger partial charge in [-0.05, 0) is 49.4 Å². The molecule has 2 fully saturated rings. The third-order valence-electron chi connectivity index (χ3n) is 5.84. The Hall–Kier alpha value is -2.82. The standard InChI is InChI=1S/C23H25NO4/c25-22(17-9-6-12-19(13-17)28-18-10-4-5-11-18)24-14-20(21(15-24)23(26)27)16-7-2-1-3-8-16/h1-3,6-9,12-13,18,20-21H,4-5,10-11,14-15H2,(H,26,27)/t20-,21-/m1/s1. The Labute approximate surface area is 164 Å². The van der Waals surface area contributed by atoms with E-state index in [-0.39, 0.29) is 24.5 Å². The Morgan fingerprint density at radius 1 is 0.964 bits per heavy atom. The van der Waals surface area contributed by atoms with E-state index in [1.165, 1.54) is 12.8 Å². The van der Waals surface area contributed by atoms with Crippen LogP contribution in [0.5, 0.6) is 5.75 Å². The third kappa shape index (κ3) is 3.88. The molecule has 0 radical (unpaired) electrons. The summed E-state index contributed by atoms with van der Waals surface area (Å²) in [5.74, 6) is -1.07. The minimum absolute atomic E-state index is 0.137. The highest BCUT2D eigenvalue weighted by Crippen LogP contribution is 2.34. The number of amides is 1. The molecule has 1 saturated carbocycles. The molecule has 1 aliphatic carbocycles. The van der Waals surface area contributed by atoms with Crippen molar-refractivity contribution in [3.63, 3.8) is 0 Å². The number of carbonyl (C=O) groups is 2. The number of carboxylic acid groups (broad SMARTS) is 1. The quantitative estimate of drug-likeness (QED) is 0.854. The average Bonchev–Trinajstić information content (AvgIpc) is 3.38. The molecule has 0 aromatic heterocycles. The van der Waals surface area contributed by atoms with Crippen LogP contribution in [0.2, 0.25) is 0 Å². The molecule has 1 aliphatic heterocycles. The first-order valence-electron chi connectivity index (χ1n) is 9.95. The van der Waals surface area contributed by atoms with Gasteiger partial charge in [0.05, 0.1) is 12.0 Å². The molecular weight excluding hydrogens is 354 g/mol. The van der Waals surface area contributed by atoms with Crippen molar-refractivity contribution < 1.29 is 19.4 Å². The van der Waals surface area contributed by atoms with Gasteiger partial charge in [0.15, 0.2) is 0 Å². The van der Waals surface area contributed by atoms with Gasteiger partial charge in [-0.3, -0.25) is 9.59 Å². The van der Waals surface area contributed by atoms with E-state index in [1.54, 1.807) is 17.0 Å². The summed E-state index contributed by atoms with van der Waals surface area (Å²) >= 11 is 0. The predicted molar refractivity (Wildman–Crippen MR) is 106 cm³/mol. The number of hydrogen-bond acceptors (Lipinski definition) is 3. The minimum Gasteiger partial charge on any atom is -0.490 e. The van der Waals surface area contributed by atoms with Gasteiger partial charge in [0.25, 0.3) is 5.91 Å². The Morgan fingerprint density at radius 3 is 2.43 bits per heavy atom. The molecule has 2 aliphatic rings. The maximum absolute atomic E-state index is 13.1. The summed E-state index contributed by atoms with van der Waals surface area (Å²) in [5.41, 5.74) is 1.51. The van der Waals surface area contributed by atoms with Crippen molar-refractivity contribution in [1.82, 2.24) is 4.90 Å². The molecule has 0 unspecified atom stereocenters. The molecule has 5 nitrogen and oxygen atoms in total. The Kier molecular flexibility index (Phi) is 5.33. The van der Waals surface area contributed by atoms with Crippen molar-refractivity contribution in [3.05, 3.63) is 65.7 Å². The van der Waals surface area contributed by atoms with E-state index in [0.29, 0.717) is 17.9 Å². The molecule has 0 bridgehead atoms. The molecule has 2 aromatic carbocycles. The molecule has 5 heteroatoms. The monoisotopic (exact) mass is 379 g/mol. The molecule has 4 rings (SSSR count). The topological polar surface area (TPSA) is 66.8 Å². The highest BCUT2D eigenvalue weighted by molar-refractivity contribution is 5.95. The number of hydrogen-bond donors (Lipinski definition) is 1. The Morgan fingerprint density at radius 2 is 1.71 bits per heavy atom. The number of carbonyl (C=O) groups excluding carboxylic acids is 1. The summed E-state index contributed by atoms with van der Waals surface area (Å²) in [4.78, 5) is 26.5. The number of benzene rings is 2. The number of rotatable bonds is 5. The zero-order valence-electron chi connectivity index (χ0n) is 15.8. The molecular formula is C23H25NO4. The fraction of sp³-hybridized carbons (Fsp3) is 0.391. The normalized spacial score (nSPS) is 22.4. The summed E-state index contributed by atoms with van der Waals surface area (Å²) in [6.07, 6.45) is 4.73. The lowest BCUT2D eigenvalue weighted by Gasteiger charge is -2.18. The smallest absolute Gasteiger partial charge is 0.308 e. The predicted octanol–water partition coefficient (Wildman–Crippen LogP) is 3.95. The molecule has 1 N–H and O–H groups in total. The zero-order valence-corrected chi connectivity index (χ0v) is 15.8. The van der Waals surface area contributed by atoms with Gasteiger partial charge in [0.1, 0.15) is 5.75 Å². The van der Waals surface area contributed by atoms with Crippen LogP contribution >= 0.6 is 0 Å². The first kappa shape index (κ1) is 18.5. The van der Waals surface area contributed by atoms with Crippen molar-refractivity contribution in [2.24, 2.45) is 5.92 Å². The van der Waals surface area contributed by atoms with Crippen molar-refractivity contribution in [2.45, 2.75) is 37.7 Å². The first-order chi connectivity index (χ1) is 13.6. The maximum atomic E-state index is 13.1. The van der Waals surface area contributed by atoms with Crippen molar-refractivity contribution >= 4 is 11.9 Å². The lowest BCUT2D eigenvalue weighted by Crippen LogP contribution is -2.30. The summed E-state index contributed by atoms with van der Waals surface area (Å²) in [5, 5.41) is 9.66. The van der Waals surface area contributed by atoms with Crippen LogP contribution in [0.3, 0.4) is 0 Å². The number of nitrogens with zero attached hydrogens (tertiary/aromatic N) is 1. The fourth-order valence-corrected chi connectivity index (χ4v) is 4.34. The van der Waals surface area contributed by atoms with Crippen LogP contribution in [0.25, 0.3) is 0 Å². The van der Waals surface area contributed by atoms with E-state index in [0.717, 1.165) is 18.4 Å². The highest BCUT2D eigenvalue weighted by atomic mass is 16.5. The number of ether oxygens (including phenoxy) is 1. The Balaban J connectivity index is 1.51. The second-order valence-corrected chi connectivity index (χ2v) is 7.72. The van der Waals surface area contributed by atoms with Crippen LogP contribution in [0.1, 0.15) is 47.5 Å². The molecule has 0 spiro atoms. The van der Waals surface area contributed by atoms with Crippen LogP contribution in [0.4, 0.5) is 0 Å².